The van der Waals surface area contributed by atoms with Crippen molar-refractivity contribution in [2.75, 3.05) is 13.2 Å². The van der Waals surface area contributed by atoms with Crippen LogP contribution in [0.5, 0.6) is 17.2 Å². The Morgan fingerprint density at radius 1 is 1.23 bits per heavy atom. The molecule has 0 spiro atoms. The Bertz CT molecular complexity index is 759. The lowest BCUT2D eigenvalue weighted by molar-refractivity contribution is -0.130. The van der Waals surface area contributed by atoms with Gasteiger partial charge in [0.25, 0.3) is 5.91 Å². The number of benzene rings is 2. The van der Waals surface area contributed by atoms with Gasteiger partial charge in [0.05, 0.1) is 12.8 Å². The Hall–Kier alpha value is -3.02. The van der Waals surface area contributed by atoms with Crippen LogP contribution in [0.4, 0.5) is 0 Å². The standard InChI is InChI=1S/C20H22N2O4/c1-2-3-12-24-16-10-8-15(9-11-16)13-21-22-20(23)19-14-25-17-6-4-5-7-18(17)26-19/h4-11,13,19H,2-3,12,14H2,1H3,(H,22,23)/b21-13+. The zero-order chi connectivity index (χ0) is 18.2. The van der Waals surface area contributed by atoms with Crippen molar-refractivity contribution in [3.63, 3.8) is 0 Å². The van der Waals surface area contributed by atoms with Gasteiger partial charge < -0.3 is 14.2 Å². The van der Waals surface area contributed by atoms with E-state index in [1.54, 1.807) is 18.3 Å². The number of hydrazone groups is 1. The number of unbranched alkanes of at least 4 members (excludes halogenated alkanes) is 1. The summed E-state index contributed by atoms with van der Waals surface area (Å²) in [5.41, 5.74) is 3.34. The molecule has 136 valence electrons. The lowest BCUT2D eigenvalue weighted by Crippen LogP contribution is -2.42. The van der Waals surface area contributed by atoms with Crippen LogP contribution in [-0.2, 0) is 4.79 Å². The minimum atomic E-state index is -0.726. The van der Waals surface area contributed by atoms with Crippen LogP contribution < -0.4 is 19.6 Å². The second-order valence-electron chi connectivity index (χ2n) is 5.87. The molecule has 6 nitrogen and oxygen atoms in total. The number of nitrogens with one attached hydrogen (secondary N) is 1. The predicted octanol–water partition coefficient (Wildman–Crippen LogP) is 3.16. The van der Waals surface area contributed by atoms with Crippen LogP contribution in [-0.4, -0.2) is 31.4 Å². The molecule has 26 heavy (non-hydrogen) atoms. The molecule has 2 aromatic carbocycles. The van der Waals surface area contributed by atoms with Gasteiger partial charge in [0.1, 0.15) is 12.4 Å². The molecule has 1 N–H and O–H groups in total. The molecule has 1 aliphatic heterocycles. The van der Waals surface area contributed by atoms with Crippen LogP contribution in [0.15, 0.2) is 53.6 Å². The van der Waals surface area contributed by atoms with E-state index < -0.39 is 6.10 Å². The molecule has 1 unspecified atom stereocenters. The summed E-state index contributed by atoms with van der Waals surface area (Å²) < 4.78 is 16.8. The molecule has 1 atom stereocenters. The second kappa shape index (κ2) is 8.89. The fraction of sp³-hybridized carbons (Fsp3) is 0.300. The molecule has 0 radical (unpaired) electrons. The molecule has 0 saturated carbocycles. The van der Waals surface area contributed by atoms with Crippen molar-refractivity contribution in [2.24, 2.45) is 5.10 Å². The highest BCUT2D eigenvalue weighted by Gasteiger charge is 2.26. The van der Waals surface area contributed by atoms with Gasteiger partial charge in [-0.2, -0.15) is 5.10 Å². The van der Waals surface area contributed by atoms with Crippen molar-refractivity contribution in [3.05, 3.63) is 54.1 Å². The maximum Gasteiger partial charge on any atom is 0.284 e. The molecule has 0 saturated heterocycles. The summed E-state index contributed by atoms with van der Waals surface area (Å²) in [6.07, 6.45) is 2.99. The topological polar surface area (TPSA) is 69.2 Å². The van der Waals surface area contributed by atoms with Gasteiger partial charge in [0.15, 0.2) is 11.5 Å². The van der Waals surface area contributed by atoms with E-state index in [-0.39, 0.29) is 12.5 Å². The third-order valence-electron chi connectivity index (χ3n) is 3.84. The zero-order valence-corrected chi connectivity index (χ0v) is 14.7. The minimum absolute atomic E-state index is 0.155. The van der Waals surface area contributed by atoms with Crippen molar-refractivity contribution in [1.29, 1.82) is 0 Å². The Balaban J connectivity index is 1.48. The van der Waals surface area contributed by atoms with E-state index in [0.29, 0.717) is 18.1 Å². The first-order valence-corrected chi connectivity index (χ1v) is 8.70. The molecule has 3 rings (SSSR count). The third-order valence-corrected chi connectivity index (χ3v) is 3.84. The van der Waals surface area contributed by atoms with E-state index >= 15 is 0 Å². The fourth-order valence-electron chi connectivity index (χ4n) is 2.38. The summed E-state index contributed by atoms with van der Waals surface area (Å²) in [6, 6.07) is 14.8. The van der Waals surface area contributed by atoms with Crippen LogP contribution in [0, 0.1) is 0 Å². The van der Waals surface area contributed by atoms with Crippen molar-refractivity contribution >= 4 is 12.1 Å². The summed E-state index contributed by atoms with van der Waals surface area (Å²) in [4.78, 5) is 12.1. The number of ether oxygens (including phenoxy) is 3. The van der Waals surface area contributed by atoms with Crippen LogP contribution in [0.2, 0.25) is 0 Å². The van der Waals surface area contributed by atoms with E-state index in [1.165, 1.54) is 0 Å². The SMILES string of the molecule is CCCCOc1ccc(/C=N/NC(=O)C2COc3ccccc3O2)cc1. The first-order chi connectivity index (χ1) is 12.8. The van der Waals surface area contributed by atoms with Gasteiger partial charge in [-0.15, -0.1) is 0 Å². The molecule has 0 fully saturated rings. The lowest BCUT2D eigenvalue weighted by atomic mass is 10.2. The van der Waals surface area contributed by atoms with E-state index in [9.17, 15) is 4.79 Å². The fourth-order valence-corrected chi connectivity index (χ4v) is 2.38. The molecule has 1 aliphatic rings. The number of fused-ring (bicyclic) bond motifs is 1. The van der Waals surface area contributed by atoms with E-state index in [4.69, 9.17) is 14.2 Å². The number of carbonyl (C=O) groups is 1. The van der Waals surface area contributed by atoms with E-state index in [0.717, 1.165) is 24.2 Å². The smallest absolute Gasteiger partial charge is 0.284 e. The predicted molar refractivity (Wildman–Crippen MR) is 98.9 cm³/mol. The first kappa shape index (κ1) is 17.8. The highest BCUT2D eigenvalue weighted by Crippen LogP contribution is 2.30. The van der Waals surface area contributed by atoms with Crippen LogP contribution in [0.25, 0.3) is 0 Å². The largest absolute Gasteiger partial charge is 0.494 e. The van der Waals surface area contributed by atoms with Gasteiger partial charge in [-0.1, -0.05) is 25.5 Å². The molecule has 2 aromatic rings. The van der Waals surface area contributed by atoms with Crippen molar-refractivity contribution < 1.29 is 19.0 Å². The van der Waals surface area contributed by atoms with Crippen molar-refractivity contribution in [1.82, 2.24) is 5.43 Å². The zero-order valence-electron chi connectivity index (χ0n) is 14.7. The molecular formula is C20H22N2O4. The Labute approximate surface area is 152 Å². The number of carbonyl (C=O) groups excluding carboxylic acids is 1. The molecular weight excluding hydrogens is 332 g/mol. The summed E-state index contributed by atoms with van der Waals surface area (Å²) in [6.45, 7) is 3.00. The number of nitrogens with zero attached hydrogens (tertiary/aromatic N) is 1. The van der Waals surface area contributed by atoms with E-state index in [2.05, 4.69) is 17.5 Å². The summed E-state index contributed by atoms with van der Waals surface area (Å²) in [5, 5.41) is 3.98. The number of hydrogen-bond acceptors (Lipinski definition) is 5. The first-order valence-electron chi connectivity index (χ1n) is 8.70. The maximum absolute atomic E-state index is 12.1. The normalized spacial score (nSPS) is 15.7. The number of hydrogen-bond donors (Lipinski definition) is 1. The van der Waals surface area contributed by atoms with Gasteiger partial charge in [-0.25, -0.2) is 5.43 Å². The quantitative estimate of drug-likeness (QED) is 0.471. The van der Waals surface area contributed by atoms with Crippen LogP contribution in [0.3, 0.4) is 0 Å². The Kier molecular flexibility index (Phi) is 6.09. The maximum atomic E-state index is 12.1. The van der Waals surface area contributed by atoms with Gasteiger partial charge in [-0.05, 0) is 48.4 Å². The Morgan fingerprint density at radius 3 is 2.77 bits per heavy atom. The molecule has 0 aromatic heterocycles. The highest BCUT2D eigenvalue weighted by atomic mass is 16.6. The van der Waals surface area contributed by atoms with Crippen molar-refractivity contribution in [2.45, 2.75) is 25.9 Å². The van der Waals surface area contributed by atoms with Crippen LogP contribution in [0.1, 0.15) is 25.3 Å². The van der Waals surface area contributed by atoms with Gasteiger partial charge in [0.2, 0.25) is 6.10 Å². The summed E-state index contributed by atoms with van der Waals surface area (Å²) >= 11 is 0. The number of amides is 1. The lowest BCUT2D eigenvalue weighted by Gasteiger charge is -2.24. The average Bonchev–Trinajstić information content (AvgIpc) is 2.69. The second-order valence-corrected chi connectivity index (χ2v) is 5.87. The summed E-state index contributed by atoms with van der Waals surface area (Å²) in [7, 11) is 0. The van der Waals surface area contributed by atoms with E-state index in [1.807, 2.05) is 36.4 Å². The molecule has 1 heterocycles. The average molecular weight is 354 g/mol. The highest BCUT2D eigenvalue weighted by molar-refractivity contribution is 5.85. The van der Waals surface area contributed by atoms with Crippen LogP contribution >= 0.6 is 0 Å². The Morgan fingerprint density at radius 2 is 2.00 bits per heavy atom. The molecule has 0 bridgehead atoms. The number of rotatable bonds is 7. The van der Waals surface area contributed by atoms with Gasteiger partial charge >= 0.3 is 0 Å². The monoisotopic (exact) mass is 354 g/mol. The minimum Gasteiger partial charge on any atom is -0.494 e. The van der Waals surface area contributed by atoms with Gasteiger partial charge in [-0.3, -0.25) is 4.79 Å². The summed E-state index contributed by atoms with van der Waals surface area (Å²) in [5.74, 6) is 1.67. The molecule has 6 heteroatoms. The molecule has 1 amide bonds. The molecule has 0 aliphatic carbocycles. The van der Waals surface area contributed by atoms with Gasteiger partial charge in [0, 0.05) is 0 Å². The number of para-hydroxylation sites is 2. The third kappa shape index (κ3) is 4.75. The van der Waals surface area contributed by atoms with Crippen molar-refractivity contribution in [3.8, 4) is 17.2 Å².